The van der Waals surface area contributed by atoms with Gasteiger partial charge in [-0.05, 0) is 6.07 Å². The molecular weight excluding hydrogens is 185 g/mol. The molecule has 1 aromatic carbocycles. The van der Waals surface area contributed by atoms with Gasteiger partial charge >= 0.3 is 0 Å². The Hall–Kier alpha value is -1.29. The van der Waals surface area contributed by atoms with Crippen molar-refractivity contribution in [2.75, 3.05) is 20.0 Å². The minimum atomic E-state index is -0.476. The molecule has 14 heavy (non-hydrogen) atoms. The van der Waals surface area contributed by atoms with E-state index in [2.05, 4.69) is 0 Å². The Morgan fingerprint density at radius 2 is 2.29 bits per heavy atom. The van der Waals surface area contributed by atoms with Crippen LogP contribution in [-0.2, 0) is 0 Å². The lowest BCUT2D eigenvalue weighted by atomic mass is 9.99. The molecule has 1 heterocycles. The lowest BCUT2D eigenvalue weighted by Crippen LogP contribution is -2.14. The molecule has 0 aliphatic carbocycles. The second-order valence-corrected chi connectivity index (χ2v) is 3.17. The van der Waals surface area contributed by atoms with Crippen molar-refractivity contribution in [3.05, 3.63) is 23.8 Å². The minimum absolute atomic E-state index is 0.204. The van der Waals surface area contributed by atoms with Crippen LogP contribution in [0.2, 0.25) is 0 Å². The first-order chi connectivity index (χ1) is 6.86. The smallest absolute Gasteiger partial charge is 0.231 e. The molecule has 0 amide bonds. The average Bonchev–Trinajstić information content (AvgIpc) is 2.68. The Labute approximate surface area is 81.6 Å². The lowest BCUT2D eigenvalue weighted by Gasteiger charge is -2.12. The molecule has 76 valence electrons. The summed E-state index contributed by atoms with van der Waals surface area (Å²) in [6, 6.07) is 5.45. The summed E-state index contributed by atoms with van der Waals surface area (Å²) in [6.45, 7) is 0.00253. The fourth-order valence-corrected chi connectivity index (χ4v) is 1.55. The van der Waals surface area contributed by atoms with Crippen LogP contribution in [0.15, 0.2) is 18.2 Å². The van der Waals surface area contributed by atoms with E-state index in [-0.39, 0.29) is 19.3 Å². The third-order valence-electron chi connectivity index (χ3n) is 2.34. The lowest BCUT2D eigenvalue weighted by molar-refractivity contribution is 0.172. The highest BCUT2D eigenvalue weighted by Crippen LogP contribution is 2.38. The molecule has 0 saturated carbocycles. The second kappa shape index (κ2) is 3.84. The Bertz CT molecular complexity index is 326. The molecule has 1 unspecified atom stereocenters. The zero-order valence-corrected chi connectivity index (χ0v) is 7.70. The normalized spacial score (nSPS) is 15.6. The average molecular weight is 197 g/mol. The molecule has 0 aromatic heterocycles. The molecule has 1 aliphatic heterocycles. The van der Waals surface area contributed by atoms with Crippen molar-refractivity contribution in [2.45, 2.75) is 5.92 Å². The van der Waals surface area contributed by atoms with Gasteiger partial charge in [-0.15, -0.1) is 0 Å². The largest absolute Gasteiger partial charge is 0.454 e. The fraction of sp³-hybridized carbons (Fsp3) is 0.400. The number of nitrogens with two attached hydrogens (primary N) is 1. The summed E-state index contributed by atoms with van der Waals surface area (Å²) >= 11 is 0. The van der Waals surface area contributed by atoms with Crippen LogP contribution < -0.4 is 15.2 Å². The Kier molecular flexibility index (Phi) is 2.54. The molecule has 0 fully saturated rings. The predicted octanol–water partition coefficient (Wildman–Crippen LogP) is 1.43. The number of para-hydroxylation sites is 1. The van der Waals surface area contributed by atoms with Gasteiger partial charge in [0.25, 0.3) is 0 Å². The Balaban J connectivity index is 2.38. The van der Waals surface area contributed by atoms with E-state index in [1.165, 1.54) is 0 Å². The van der Waals surface area contributed by atoms with E-state index < -0.39 is 6.67 Å². The zero-order valence-electron chi connectivity index (χ0n) is 7.70. The summed E-state index contributed by atoms with van der Waals surface area (Å²) in [5, 5.41) is 0. The van der Waals surface area contributed by atoms with Crippen molar-refractivity contribution in [1.82, 2.24) is 0 Å². The SMILES string of the molecule is NCC(CF)c1cccc2c1OCO2. The van der Waals surface area contributed by atoms with Crippen LogP contribution in [0.4, 0.5) is 4.39 Å². The second-order valence-electron chi connectivity index (χ2n) is 3.17. The molecule has 1 atom stereocenters. The zero-order chi connectivity index (χ0) is 9.97. The predicted molar refractivity (Wildman–Crippen MR) is 50.3 cm³/mol. The summed E-state index contributed by atoms with van der Waals surface area (Å²) in [4.78, 5) is 0. The third kappa shape index (κ3) is 1.42. The van der Waals surface area contributed by atoms with Crippen LogP contribution in [0.3, 0.4) is 0 Å². The van der Waals surface area contributed by atoms with Gasteiger partial charge < -0.3 is 15.2 Å². The summed E-state index contributed by atoms with van der Waals surface area (Å²) < 4.78 is 23.1. The number of halogens is 1. The first kappa shape index (κ1) is 9.27. The highest BCUT2D eigenvalue weighted by molar-refractivity contribution is 5.49. The minimum Gasteiger partial charge on any atom is -0.454 e. The van der Waals surface area contributed by atoms with Gasteiger partial charge in [0, 0.05) is 18.0 Å². The summed E-state index contributed by atoms with van der Waals surface area (Å²) in [7, 11) is 0. The molecule has 0 radical (unpaired) electrons. The molecule has 0 bridgehead atoms. The maximum Gasteiger partial charge on any atom is 0.231 e. The third-order valence-corrected chi connectivity index (χ3v) is 2.34. The van der Waals surface area contributed by atoms with E-state index in [1.807, 2.05) is 12.1 Å². The van der Waals surface area contributed by atoms with Gasteiger partial charge in [-0.3, -0.25) is 4.39 Å². The maximum absolute atomic E-state index is 12.6. The number of fused-ring (bicyclic) bond motifs is 1. The van der Waals surface area contributed by atoms with Crippen molar-refractivity contribution < 1.29 is 13.9 Å². The highest BCUT2D eigenvalue weighted by atomic mass is 19.1. The molecule has 0 spiro atoms. The van der Waals surface area contributed by atoms with E-state index in [0.29, 0.717) is 11.5 Å². The monoisotopic (exact) mass is 197 g/mol. The van der Waals surface area contributed by atoms with Crippen LogP contribution in [-0.4, -0.2) is 20.0 Å². The summed E-state index contributed by atoms with van der Waals surface area (Å²) in [5.74, 6) is 1.02. The van der Waals surface area contributed by atoms with Gasteiger partial charge in [-0.2, -0.15) is 0 Å². The number of hydrogen-bond donors (Lipinski definition) is 1. The van der Waals surface area contributed by atoms with Crippen molar-refractivity contribution >= 4 is 0 Å². The standard InChI is InChI=1S/C10H12FNO2/c11-4-7(5-12)8-2-1-3-9-10(8)14-6-13-9/h1-3,7H,4-6,12H2. The van der Waals surface area contributed by atoms with Gasteiger partial charge in [0.15, 0.2) is 11.5 Å². The fourth-order valence-electron chi connectivity index (χ4n) is 1.55. The first-order valence-corrected chi connectivity index (χ1v) is 4.51. The molecule has 0 saturated heterocycles. The van der Waals surface area contributed by atoms with Gasteiger partial charge in [0.2, 0.25) is 6.79 Å². The maximum atomic E-state index is 12.6. The number of hydrogen-bond acceptors (Lipinski definition) is 3. The molecular formula is C10H12FNO2. The quantitative estimate of drug-likeness (QED) is 0.797. The summed E-state index contributed by atoms with van der Waals surface area (Å²) in [6.07, 6.45) is 0. The molecule has 1 aromatic rings. The Morgan fingerprint density at radius 1 is 1.43 bits per heavy atom. The molecule has 2 rings (SSSR count). The van der Waals surface area contributed by atoms with Crippen molar-refractivity contribution in [3.8, 4) is 11.5 Å². The number of benzene rings is 1. The first-order valence-electron chi connectivity index (χ1n) is 4.51. The number of ether oxygens (including phenoxy) is 2. The van der Waals surface area contributed by atoms with E-state index >= 15 is 0 Å². The van der Waals surface area contributed by atoms with Gasteiger partial charge in [0.1, 0.15) is 0 Å². The molecule has 2 N–H and O–H groups in total. The van der Waals surface area contributed by atoms with Crippen LogP contribution in [0.5, 0.6) is 11.5 Å². The van der Waals surface area contributed by atoms with E-state index in [9.17, 15) is 4.39 Å². The topological polar surface area (TPSA) is 44.5 Å². The Morgan fingerprint density at radius 3 is 3.00 bits per heavy atom. The molecule has 4 heteroatoms. The van der Waals surface area contributed by atoms with Crippen LogP contribution in [0.1, 0.15) is 11.5 Å². The molecule has 1 aliphatic rings. The van der Waals surface area contributed by atoms with E-state index in [4.69, 9.17) is 15.2 Å². The van der Waals surface area contributed by atoms with E-state index in [1.54, 1.807) is 6.07 Å². The van der Waals surface area contributed by atoms with Crippen LogP contribution >= 0.6 is 0 Å². The van der Waals surface area contributed by atoms with Crippen molar-refractivity contribution in [1.29, 1.82) is 0 Å². The molecule has 3 nitrogen and oxygen atoms in total. The summed E-state index contributed by atoms with van der Waals surface area (Å²) in [5.41, 5.74) is 6.27. The van der Waals surface area contributed by atoms with E-state index in [0.717, 1.165) is 5.56 Å². The number of alkyl halides is 1. The van der Waals surface area contributed by atoms with Crippen molar-refractivity contribution in [2.24, 2.45) is 5.73 Å². The van der Waals surface area contributed by atoms with Crippen LogP contribution in [0.25, 0.3) is 0 Å². The highest BCUT2D eigenvalue weighted by Gasteiger charge is 2.22. The van der Waals surface area contributed by atoms with Gasteiger partial charge in [-0.25, -0.2) is 0 Å². The van der Waals surface area contributed by atoms with Crippen LogP contribution in [0, 0.1) is 0 Å². The van der Waals surface area contributed by atoms with Crippen molar-refractivity contribution in [3.63, 3.8) is 0 Å². The number of rotatable bonds is 3. The van der Waals surface area contributed by atoms with Gasteiger partial charge in [0.05, 0.1) is 6.67 Å². The van der Waals surface area contributed by atoms with Gasteiger partial charge in [-0.1, -0.05) is 12.1 Å².